The number of nitrogen functional groups attached to an aromatic ring is 1. The molecule has 178 valence electrons. The Labute approximate surface area is 193 Å². The second-order valence-corrected chi connectivity index (χ2v) is 9.95. The van der Waals surface area contributed by atoms with E-state index in [9.17, 15) is 9.59 Å². The van der Waals surface area contributed by atoms with Gasteiger partial charge >= 0.3 is 12.1 Å². The number of rotatable bonds is 8. The van der Waals surface area contributed by atoms with Crippen molar-refractivity contribution in [1.82, 2.24) is 24.8 Å². The van der Waals surface area contributed by atoms with Gasteiger partial charge < -0.3 is 25.1 Å². The lowest BCUT2D eigenvalue weighted by molar-refractivity contribution is -0.154. The van der Waals surface area contributed by atoms with Gasteiger partial charge in [-0.15, -0.1) is 0 Å². The molecule has 0 saturated heterocycles. The molecule has 0 radical (unpaired) electrons. The highest BCUT2D eigenvalue weighted by Gasteiger charge is 2.21. The Hall–Kier alpha value is -2.62. The fourth-order valence-electron chi connectivity index (χ4n) is 3.03. The number of aryl methyl sites for hydroxylation is 1. The molecule has 0 fully saturated rings. The Morgan fingerprint density at radius 2 is 1.78 bits per heavy atom. The molecule has 32 heavy (non-hydrogen) atoms. The Balaban J connectivity index is 2.04. The number of hydrogen-bond donors (Lipinski definition) is 2. The fraction of sp³-hybridized carbons (Fsp3) is 0.667. The van der Waals surface area contributed by atoms with Crippen molar-refractivity contribution in [2.75, 3.05) is 5.73 Å². The zero-order valence-electron chi connectivity index (χ0n) is 19.6. The minimum Gasteiger partial charge on any atom is -0.460 e. The number of fused-ring (bicyclic) bond motifs is 1. The number of carbonyl (C=O) groups excluding carboxylic acids is 2. The number of nitrogens with two attached hydrogens (primary N) is 1. The minimum atomic E-state index is -0.614. The number of carbonyl (C=O) groups is 2. The van der Waals surface area contributed by atoms with Crippen LogP contribution in [0.5, 0.6) is 0 Å². The molecule has 0 aromatic carbocycles. The maximum Gasteiger partial charge on any atom is 0.407 e. The number of amides is 1. The van der Waals surface area contributed by atoms with Gasteiger partial charge in [0.05, 0.1) is 6.33 Å². The fourth-order valence-corrected chi connectivity index (χ4v) is 3.25. The van der Waals surface area contributed by atoms with Gasteiger partial charge in [-0.2, -0.15) is 9.97 Å². The summed E-state index contributed by atoms with van der Waals surface area (Å²) in [4.78, 5) is 36.7. The highest BCUT2D eigenvalue weighted by atomic mass is 35.5. The molecule has 2 heterocycles. The van der Waals surface area contributed by atoms with Crippen LogP contribution in [0.4, 0.5) is 10.7 Å². The second-order valence-electron chi connectivity index (χ2n) is 9.59. The molecule has 0 bridgehead atoms. The van der Waals surface area contributed by atoms with Crippen LogP contribution in [0.25, 0.3) is 11.2 Å². The van der Waals surface area contributed by atoms with E-state index in [1.807, 2.05) is 20.8 Å². The summed E-state index contributed by atoms with van der Waals surface area (Å²) in [5, 5.41) is 3.09. The van der Waals surface area contributed by atoms with Crippen LogP contribution in [-0.2, 0) is 20.8 Å². The third-order valence-electron chi connectivity index (χ3n) is 4.23. The second kappa shape index (κ2) is 10.3. The van der Waals surface area contributed by atoms with E-state index in [-0.39, 0.29) is 29.5 Å². The van der Waals surface area contributed by atoms with E-state index in [0.717, 1.165) is 0 Å². The molecule has 10 nitrogen and oxygen atoms in total. The third-order valence-corrected chi connectivity index (χ3v) is 4.49. The van der Waals surface area contributed by atoms with Crippen LogP contribution in [0.1, 0.15) is 67.2 Å². The van der Waals surface area contributed by atoms with Gasteiger partial charge in [-0.3, -0.25) is 4.79 Å². The van der Waals surface area contributed by atoms with E-state index < -0.39 is 17.3 Å². The number of ether oxygens (including phenoxy) is 2. The lowest BCUT2D eigenvalue weighted by Crippen LogP contribution is -2.39. The van der Waals surface area contributed by atoms with Crippen LogP contribution in [0.2, 0.25) is 5.15 Å². The van der Waals surface area contributed by atoms with Crippen LogP contribution in [0.3, 0.4) is 0 Å². The normalized spacial score (nSPS) is 13.1. The van der Waals surface area contributed by atoms with Crippen molar-refractivity contribution in [3.8, 4) is 0 Å². The summed E-state index contributed by atoms with van der Waals surface area (Å²) in [5.74, 6) is -0.207. The van der Waals surface area contributed by atoms with Gasteiger partial charge in [-0.05, 0) is 60.8 Å². The Kier molecular flexibility index (Phi) is 8.28. The highest BCUT2D eigenvalue weighted by Crippen LogP contribution is 2.20. The smallest absolute Gasteiger partial charge is 0.407 e. The van der Waals surface area contributed by atoms with E-state index in [1.165, 1.54) is 0 Å². The first kappa shape index (κ1) is 25.6. The van der Waals surface area contributed by atoms with Crippen molar-refractivity contribution in [3.05, 3.63) is 11.5 Å². The van der Waals surface area contributed by atoms with Gasteiger partial charge in [0.2, 0.25) is 5.95 Å². The molecule has 0 aliphatic heterocycles. The number of nitrogens with zero attached hydrogens (tertiary/aromatic N) is 4. The lowest BCUT2D eigenvalue weighted by atomic mass is 10.1. The molecule has 3 N–H and O–H groups in total. The molecule has 0 aliphatic rings. The van der Waals surface area contributed by atoms with Crippen LogP contribution in [0, 0.1) is 0 Å². The van der Waals surface area contributed by atoms with Crippen molar-refractivity contribution in [2.45, 2.75) is 91.0 Å². The average Bonchev–Trinajstić information content (AvgIpc) is 2.99. The maximum absolute atomic E-state index is 12.3. The van der Waals surface area contributed by atoms with E-state index >= 15 is 0 Å². The van der Waals surface area contributed by atoms with Crippen molar-refractivity contribution in [1.29, 1.82) is 0 Å². The van der Waals surface area contributed by atoms with Gasteiger partial charge in [-0.25, -0.2) is 9.78 Å². The van der Waals surface area contributed by atoms with E-state index in [1.54, 1.807) is 31.7 Å². The van der Waals surface area contributed by atoms with Gasteiger partial charge in [0, 0.05) is 19.0 Å². The zero-order valence-corrected chi connectivity index (χ0v) is 20.3. The SMILES string of the molecule is CC(C)(C)OC(=O)CCC[C@H](CCn1cnc2c(Cl)nc(N)nc21)NC(=O)OC(C)(C)C. The number of nitrogens with one attached hydrogen (secondary N) is 1. The van der Waals surface area contributed by atoms with Crippen LogP contribution in [0.15, 0.2) is 6.33 Å². The molecule has 1 atom stereocenters. The Morgan fingerprint density at radius 1 is 1.12 bits per heavy atom. The summed E-state index contributed by atoms with van der Waals surface area (Å²) < 4.78 is 12.5. The molecule has 0 saturated carbocycles. The molecule has 2 aromatic rings. The van der Waals surface area contributed by atoms with Gasteiger partial charge in [0.25, 0.3) is 0 Å². The van der Waals surface area contributed by atoms with Gasteiger partial charge in [0.15, 0.2) is 10.8 Å². The Bertz CT molecular complexity index is 948. The number of halogens is 1. The third kappa shape index (κ3) is 8.49. The van der Waals surface area contributed by atoms with Crippen molar-refractivity contribution in [3.63, 3.8) is 0 Å². The van der Waals surface area contributed by atoms with Crippen LogP contribution < -0.4 is 11.1 Å². The summed E-state index contributed by atoms with van der Waals surface area (Å²) in [5.41, 5.74) is 5.54. The van der Waals surface area contributed by atoms with E-state index in [2.05, 4.69) is 20.3 Å². The highest BCUT2D eigenvalue weighted by molar-refractivity contribution is 6.33. The summed E-state index contributed by atoms with van der Waals surface area (Å²) in [6.07, 6.45) is 3.04. The molecule has 1 amide bonds. The monoisotopic (exact) mass is 468 g/mol. The first-order valence-electron chi connectivity index (χ1n) is 10.6. The molecule has 0 aliphatic carbocycles. The van der Waals surface area contributed by atoms with E-state index in [4.69, 9.17) is 26.8 Å². The van der Waals surface area contributed by atoms with Crippen molar-refractivity contribution < 1.29 is 19.1 Å². The minimum absolute atomic E-state index is 0.0602. The number of esters is 1. The number of anilines is 1. The van der Waals surface area contributed by atoms with Crippen LogP contribution >= 0.6 is 11.6 Å². The number of alkyl carbamates (subject to hydrolysis) is 1. The average molecular weight is 469 g/mol. The molecular weight excluding hydrogens is 436 g/mol. The molecule has 0 unspecified atom stereocenters. The topological polar surface area (TPSA) is 134 Å². The molecular formula is C21H33ClN6O4. The largest absolute Gasteiger partial charge is 0.460 e. The standard InChI is InChI=1S/C21H33ClN6O4/c1-20(2,3)31-14(29)9-7-8-13(25-19(30)32-21(4,5)6)10-11-28-12-24-15-16(22)26-18(23)27-17(15)28/h12-13H,7-11H2,1-6H3,(H,25,30)(H2,23,26,27)/t13-/m1/s1. The predicted octanol–water partition coefficient (Wildman–Crippen LogP) is 3.86. The first-order valence-corrected chi connectivity index (χ1v) is 11.0. The number of imidazole rings is 1. The van der Waals surface area contributed by atoms with E-state index in [0.29, 0.717) is 37.0 Å². The predicted molar refractivity (Wildman–Crippen MR) is 122 cm³/mol. The summed E-state index contributed by atoms with van der Waals surface area (Å²) in [6.45, 7) is 11.4. The molecule has 2 aromatic heterocycles. The first-order chi connectivity index (χ1) is 14.7. The Morgan fingerprint density at radius 3 is 2.41 bits per heavy atom. The van der Waals surface area contributed by atoms with Crippen LogP contribution in [-0.4, -0.2) is 48.8 Å². The molecule has 0 spiro atoms. The number of hydrogen-bond acceptors (Lipinski definition) is 8. The quantitative estimate of drug-likeness (QED) is 0.440. The molecule has 2 rings (SSSR count). The van der Waals surface area contributed by atoms with Gasteiger partial charge in [0.1, 0.15) is 16.7 Å². The summed E-state index contributed by atoms with van der Waals surface area (Å²) in [6, 6.07) is -0.237. The summed E-state index contributed by atoms with van der Waals surface area (Å²) in [7, 11) is 0. The summed E-state index contributed by atoms with van der Waals surface area (Å²) >= 11 is 6.09. The van der Waals surface area contributed by atoms with Gasteiger partial charge in [-0.1, -0.05) is 11.6 Å². The van der Waals surface area contributed by atoms with Crippen molar-refractivity contribution in [2.24, 2.45) is 0 Å². The molecule has 11 heteroatoms. The van der Waals surface area contributed by atoms with Crippen molar-refractivity contribution >= 4 is 40.8 Å². The lowest BCUT2D eigenvalue weighted by Gasteiger charge is -2.24. The number of aromatic nitrogens is 4. The maximum atomic E-state index is 12.3. The zero-order chi connectivity index (χ0) is 24.1.